The zero-order chi connectivity index (χ0) is 18.0. The number of barbiturate groups is 1. The standard InChI is InChI=1S/C18H13FN2O4/c19-13-6-4-11(5-7-13)10-21-17(24)15(16(23)20-18(21)25)9-12-2-1-3-14(22)8-12/h1-9,22H,10H2,(H,20,23,25)/b15-9-. The fourth-order valence-corrected chi connectivity index (χ4v) is 2.39. The highest BCUT2D eigenvalue weighted by Crippen LogP contribution is 2.19. The highest BCUT2D eigenvalue weighted by molar-refractivity contribution is 6.30. The maximum Gasteiger partial charge on any atom is 0.331 e. The second-order valence-corrected chi connectivity index (χ2v) is 5.43. The Hall–Kier alpha value is -3.48. The van der Waals surface area contributed by atoms with Gasteiger partial charge in [-0.05, 0) is 41.5 Å². The van der Waals surface area contributed by atoms with Crippen LogP contribution in [-0.2, 0) is 16.1 Å². The van der Waals surface area contributed by atoms with Gasteiger partial charge in [-0.15, -0.1) is 0 Å². The van der Waals surface area contributed by atoms with Crippen LogP contribution in [0.2, 0.25) is 0 Å². The second-order valence-electron chi connectivity index (χ2n) is 5.43. The Bertz CT molecular complexity index is 890. The lowest BCUT2D eigenvalue weighted by Crippen LogP contribution is -2.53. The first-order chi connectivity index (χ1) is 11.9. The number of aromatic hydroxyl groups is 1. The van der Waals surface area contributed by atoms with Crippen LogP contribution in [0.3, 0.4) is 0 Å². The van der Waals surface area contributed by atoms with Crippen LogP contribution in [0.15, 0.2) is 54.1 Å². The van der Waals surface area contributed by atoms with Crippen molar-refractivity contribution in [3.63, 3.8) is 0 Å². The van der Waals surface area contributed by atoms with Crippen LogP contribution in [0, 0.1) is 5.82 Å². The molecule has 1 aliphatic heterocycles. The quantitative estimate of drug-likeness (QED) is 0.662. The summed E-state index contributed by atoms with van der Waals surface area (Å²) >= 11 is 0. The maximum absolute atomic E-state index is 13.0. The van der Waals surface area contributed by atoms with E-state index in [4.69, 9.17) is 0 Å². The smallest absolute Gasteiger partial charge is 0.331 e. The van der Waals surface area contributed by atoms with E-state index in [-0.39, 0.29) is 17.9 Å². The van der Waals surface area contributed by atoms with Crippen LogP contribution in [0.1, 0.15) is 11.1 Å². The predicted molar refractivity (Wildman–Crippen MR) is 86.6 cm³/mol. The molecule has 25 heavy (non-hydrogen) atoms. The van der Waals surface area contributed by atoms with E-state index in [1.807, 2.05) is 0 Å². The highest BCUT2D eigenvalue weighted by Gasteiger charge is 2.35. The van der Waals surface area contributed by atoms with Gasteiger partial charge in [0.2, 0.25) is 0 Å². The Balaban J connectivity index is 1.90. The molecule has 0 aromatic heterocycles. The van der Waals surface area contributed by atoms with Crippen molar-refractivity contribution in [3.8, 4) is 5.75 Å². The lowest BCUT2D eigenvalue weighted by molar-refractivity contribution is -0.130. The van der Waals surface area contributed by atoms with Crippen molar-refractivity contribution in [2.24, 2.45) is 0 Å². The zero-order valence-corrected chi connectivity index (χ0v) is 12.9. The Kier molecular flexibility index (Phi) is 4.30. The molecular formula is C18H13FN2O4. The van der Waals surface area contributed by atoms with Crippen LogP contribution in [0.25, 0.3) is 6.08 Å². The third-order valence-corrected chi connectivity index (χ3v) is 3.62. The minimum Gasteiger partial charge on any atom is -0.508 e. The number of hydrogen-bond donors (Lipinski definition) is 2. The van der Waals surface area contributed by atoms with Gasteiger partial charge in [-0.2, -0.15) is 0 Å². The Labute approximate surface area is 142 Å². The summed E-state index contributed by atoms with van der Waals surface area (Å²) < 4.78 is 13.0. The van der Waals surface area contributed by atoms with Gasteiger partial charge in [0, 0.05) is 0 Å². The molecule has 1 aliphatic rings. The van der Waals surface area contributed by atoms with Crippen LogP contribution in [-0.4, -0.2) is 27.9 Å². The molecule has 1 saturated heterocycles. The molecule has 3 rings (SSSR count). The number of nitrogens with one attached hydrogen (secondary N) is 1. The monoisotopic (exact) mass is 340 g/mol. The van der Waals surface area contributed by atoms with Crippen LogP contribution < -0.4 is 5.32 Å². The molecule has 126 valence electrons. The van der Waals surface area contributed by atoms with E-state index in [0.29, 0.717) is 11.1 Å². The first-order valence-electron chi connectivity index (χ1n) is 7.36. The molecule has 0 aliphatic carbocycles. The minimum atomic E-state index is -0.840. The zero-order valence-electron chi connectivity index (χ0n) is 12.9. The molecule has 6 nitrogen and oxygen atoms in total. The molecule has 1 heterocycles. The van der Waals surface area contributed by atoms with Gasteiger partial charge in [-0.3, -0.25) is 19.8 Å². The van der Waals surface area contributed by atoms with Gasteiger partial charge in [0.25, 0.3) is 11.8 Å². The molecular weight excluding hydrogens is 327 g/mol. The number of benzene rings is 2. The van der Waals surface area contributed by atoms with Gasteiger partial charge < -0.3 is 5.11 Å². The number of nitrogens with zero attached hydrogens (tertiary/aromatic N) is 1. The molecule has 0 unspecified atom stereocenters. The average Bonchev–Trinajstić information content (AvgIpc) is 2.57. The summed E-state index contributed by atoms with van der Waals surface area (Å²) in [6.07, 6.45) is 1.29. The lowest BCUT2D eigenvalue weighted by atomic mass is 10.1. The molecule has 2 N–H and O–H groups in total. The third kappa shape index (κ3) is 3.55. The number of urea groups is 1. The summed E-state index contributed by atoms with van der Waals surface area (Å²) in [7, 11) is 0. The summed E-state index contributed by atoms with van der Waals surface area (Å²) in [5, 5.41) is 11.6. The molecule has 0 bridgehead atoms. The van der Waals surface area contributed by atoms with E-state index in [1.165, 1.54) is 42.5 Å². The number of carbonyl (C=O) groups is 3. The largest absolute Gasteiger partial charge is 0.508 e. The molecule has 7 heteroatoms. The van der Waals surface area contributed by atoms with Gasteiger partial charge >= 0.3 is 6.03 Å². The van der Waals surface area contributed by atoms with Gasteiger partial charge in [0.1, 0.15) is 17.1 Å². The molecule has 2 aromatic carbocycles. The summed E-state index contributed by atoms with van der Waals surface area (Å²) in [5.41, 5.74) is 0.748. The van der Waals surface area contributed by atoms with Crippen molar-refractivity contribution in [1.29, 1.82) is 0 Å². The predicted octanol–water partition coefficient (Wildman–Crippen LogP) is 2.19. The average molecular weight is 340 g/mol. The SMILES string of the molecule is O=C1NC(=O)N(Cc2ccc(F)cc2)C(=O)/C1=C\c1cccc(O)c1. The van der Waals surface area contributed by atoms with Crippen molar-refractivity contribution in [3.05, 3.63) is 71.0 Å². The Morgan fingerprint density at radius 2 is 1.80 bits per heavy atom. The number of rotatable bonds is 3. The van der Waals surface area contributed by atoms with E-state index >= 15 is 0 Å². The second kappa shape index (κ2) is 6.56. The lowest BCUT2D eigenvalue weighted by Gasteiger charge is -2.26. The van der Waals surface area contributed by atoms with E-state index in [9.17, 15) is 23.9 Å². The molecule has 0 spiro atoms. The molecule has 1 fully saturated rings. The van der Waals surface area contributed by atoms with Crippen LogP contribution >= 0.6 is 0 Å². The molecule has 0 atom stereocenters. The number of carbonyl (C=O) groups excluding carboxylic acids is 3. The fourth-order valence-electron chi connectivity index (χ4n) is 2.39. The van der Waals surface area contributed by atoms with Gasteiger partial charge in [0.15, 0.2) is 0 Å². The van der Waals surface area contributed by atoms with Crippen molar-refractivity contribution < 1.29 is 23.9 Å². The first kappa shape index (κ1) is 16.4. The number of hydrogen-bond acceptors (Lipinski definition) is 4. The van der Waals surface area contributed by atoms with E-state index < -0.39 is 23.7 Å². The van der Waals surface area contributed by atoms with Gasteiger partial charge in [-0.1, -0.05) is 24.3 Å². The summed E-state index contributed by atoms with van der Waals surface area (Å²) in [6, 6.07) is 10.5. The van der Waals surface area contributed by atoms with E-state index in [0.717, 1.165) is 4.90 Å². The molecule has 0 saturated carbocycles. The number of amides is 4. The molecule has 2 aromatic rings. The fraction of sp³-hybridized carbons (Fsp3) is 0.0556. The number of phenolic OH excluding ortho intramolecular Hbond substituents is 1. The number of halogens is 1. The maximum atomic E-state index is 13.0. The van der Waals surface area contributed by atoms with Crippen molar-refractivity contribution in [1.82, 2.24) is 10.2 Å². The minimum absolute atomic E-state index is 0.0164. The van der Waals surface area contributed by atoms with Gasteiger partial charge in [-0.25, -0.2) is 9.18 Å². The van der Waals surface area contributed by atoms with E-state index in [1.54, 1.807) is 12.1 Å². The van der Waals surface area contributed by atoms with Crippen molar-refractivity contribution in [2.75, 3.05) is 0 Å². The Morgan fingerprint density at radius 1 is 1.08 bits per heavy atom. The topological polar surface area (TPSA) is 86.7 Å². The van der Waals surface area contributed by atoms with Crippen molar-refractivity contribution in [2.45, 2.75) is 6.54 Å². The first-order valence-corrected chi connectivity index (χ1v) is 7.36. The molecule has 0 radical (unpaired) electrons. The highest BCUT2D eigenvalue weighted by atomic mass is 19.1. The van der Waals surface area contributed by atoms with Crippen LogP contribution in [0.5, 0.6) is 5.75 Å². The third-order valence-electron chi connectivity index (χ3n) is 3.62. The van der Waals surface area contributed by atoms with E-state index in [2.05, 4.69) is 5.32 Å². The van der Waals surface area contributed by atoms with Gasteiger partial charge in [0.05, 0.1) is 6.54 Å². The Morgan fingerprint density at radius 3 is 2.48 bits per heavy atom. The number of imide groups is 2. The normalized spacial score (nSPS) is 16.3. The summed E-state index contributed by atoms with van der Waals surface area (Å²) in [4.78, 5) is 37.4. The molecule has 4 amide bonds. The number of phenols is 1. The summed E-state index contributed by atoms with van der Waals surface area (Å²) in [5.74, 6) is -2.02. The summed E-state index contributed by atoms with van der Waals surface area (Å²) in [6.45, 7) is -0.102. The van der Waals surface area contributed by atoms with Crippen LogP contribution in [0.4, 0.5) is 9.18 Å². The van der Waals surface area contributed by atoms with Crippen molar-refractivity contribution >= 4 is 23.9 Å².